The zero-order chi connectivity index (χ0) is 13.6. The highest BCUT2D eigenvalue weighted by atomic mass is 15.5. The van der Waals surface area contributed by atoms with Gasteiger partial charge < -0.3 is 5.32 Å². The Balaban J connectivity index is 1.50. The predicted octanol–water partition coefficient (Wildman–Crippen LogP) is 0.718. The molecule has 0 radical (unpaired) electrons. The van der Waals surface area contributed by atoms with E-state index in [-0.39, 0.29) is 0 Å². The predicted molar refractivity (Wildman–Crippen MR) is 73.2 cm³/mol. The zero-order valence-electron chi connectivity index (χ0n) is 10.9. The van der Waals surface area contributed by atoms with Gasteiger partial charge in [-0.2, -0.15) is 20.1 Å². The van der Waals surface area contributed by atoms with E-state index in [2.05, 4.69) is 30.7 Å². The van der Waals surface area contributed by atoms with Crippen LogP contribution in [0.25, 0.3) is 5.69 Å². The monoisotopic (exact) mass is 269 g/mol. The molecule has 0 atom stereocenters. The lowest BCUT2D eigenvalue weighted by Gasteiger charge is -2.00. The molecule has 7 heteroatoms. The van der Waals surface area contributed by atoms with E-state index in [9.17, 15) is 0 Å². The molecule has 0 saturated heterocycles. The van der Waals surface area contributed by atoms with E-state index in [0.29, 0.717) is 6.54 Å². The lowest BCUT2D eigenvalue weighted by atomic mass is 10.3. The van der Waals surface area contributed by atoms with Crippen molar-refractivity contribution in [3.8, 4) is 5.69 Å². The molecule has 20 heavy (non-hydrogen) atoms. The molecule has 3 rings (SSSR count). The van der Waals surface area contributed by atoms with E-state index in [1.54, 1.807) is 11.0 Å². The first-order valence-electron chi connectivity index (χ1n) is 6.43. The highest BCUT2D eigenvalue weighted by Gasteiger charge is 2.02. The number of nitrogens with one attached hydrogen (secondary N) is 2. The number of rotatable bonds is 6. The number of nitrogens with zero attached hydrogens (tertiary/aromatic N) is 5. The summed E-state index contributed by atoms with van der Waals surface area (Å²) in [5.41, 5.74) is 1.87. The van der Waals surface area contributed by atoms with E-state index in [4.69, 9.17) is 0 Å². The van der Waals surface area contributed by atoms with Gasteiger partial charge in [-0.05, 0) is 12.1 Å². The number of aromatic nitrogens is 6. The molecule has 2 aromatic heterocycles. The molecule has 2 N–H and O–H groups in total. The van der Waals surface area contributed by atoms with E-state index in [1.807, 2.05) is 30.3 Å². The van der Waals surface area contributed by atoms with Crippen molar-refractivity contribution < 1.29 is 0 Å². The van der Waals surface area contributed by atoms with Gasteiger partial charge in [-0.1, -0.05) is 18.2 Å². The summed E-state index contributed by atoms with van der Waals surface area (Å²) in [5, 5.41) is 18.6. The highest BCUT2D eigenvalue weighted by Crippen LogP contribution is 2.03. The van der Waals surface area contributed by atoms with Gasteiger partial charge in [0.2, 0.25) is 0 Å². The molecule has 0 aliphatic heterocycles. The minimum atomic E-state index is 0.682. The van der Waals surface area contributed by atoms with Crippen molar-refractivity contribution in [2.75, 3.05) is 6.54 Å². The van der Waals surface area contributed by atoms with Crippen molar-refractivity contribution in [2.45, 2.75) is 13.0 Å². The zero-order valence-corrected chi connectivity index (χ0v) is 10.9. The summed E-state index contributed by atoms with van der Waals surface area (Å²) in [5.74, 6) is 0.880. The Morgan fingerprint density at radius 2 is 2.10 bits per heavy atom. The Bertz CT molecular complexity index is 630. The number of aromatic amines is 1. The van der Waals surface area contributed by atoms with Crippen LogP contribution in [0.15, 0.2) is 42.9 Å². The topological polar surface area (TPSA) is 84.3 Å². The third kappa shape index (κ3) is 3.07. The van der Waals surface area contributed by atoms with Gasteiger partial charge in [0.1, 0.15) is 12.2 Å². The van der Waals surface area contributed by atoms with Gasteiger partial charge in [-0.3, -0.25) is 5.10 Å². The Morgan fingerprint density at radius 1 is 1.20 bits per heavy atom. The lowest BCUT2D eigenvalue weighted by Crippen LogP contribution is -2.17. The summed E-state index contributed by atoms with van der Waals surface area (Å²) in [6.07, 6.45) is 4.10. The molecule has 0 amide bonds. The van der Waals surface area contributed by atoms with Gasteiger partial charge in [0.15, 0.2) is 0 Å². The van der Waals surface area contributed by atoms with Crippen molar-refractivity contribution in [1.82, 2.24) is 35.5 Å². The summed E-state index contributed by atoms with van der Waals surface area (Å²) in [7, 11) is 0. The molecule has 3 aromatic rings. The average Bonchev–Trinajstić information content (AvgIpc) is 3.16. The van der Waals surface area contributed by atoms with E-state index in [1.165, 1.54) is 6.33 Å². The second-order valence-electron chi connectivity index (χ2n) is 4.32. The molecule has 0 bridgehead atoms. The molecule has 7 nitrogen and oxygen atoms in total. The van der Waals surface area contributed by atoms with Gasteiger partial charge in [0.25, 0.3) is 0 Å². The van der Waals surface area contributed by atoms with Crippen molar-refractivity contribution in [3.63, 3.8) is 0 Å². The molecule has 1 aromatic carbocycles. The Hall–Kier alpha value is -2.54. The Labute approximate surface area is 116 Å². The molecule has 0 aliphatic carbocycles. The standard InChI is InChI=1S/C13H15N7/c1-2-4-12(5-3-1)20-17-9-11(19-20)8-14-7-6-13-15-10-16-18-13/h1-5,9-10,14H,6-8H2,(H,15,16,18). The van der Waals surface area contributed by atoms with Gasteiger partial charge in [-0.25, -0.2) is 4.98 Å². The fraction of sp³-hybridized carbons (Fsp3) is 0.231. The molecule has 0 aliphatic rings. The molecule has 0 spiro atoms. The molecule has 0 unspecified atom stereocenters. The first-order chi connectivity index (χ1) is 9.92. The fourth-order valence-electron chi connectivity index (χ4n) is 1.84. The molecular weight excluding hydrogens is 254 g/mol. The van der Waals surface area contributed by atoms with Crippen LogP contribution in [0.2, 0.25) is 0 Å². The van der Waals surface area contributed by atoms with Crippen LogP contribution >= 0.6 is 0 Å². The third-order valence-electron chi connectivity index (χ3n) is 2.84. The van der Waals surface area contributed by atoms with Crippen LogP contribution in [0.5, 0.6) is 0 Å². The van der Waals surface area contributed by atoms with Crippen molar-refractivity contribution in [3.05, 3.63) is 54.4 Å². The van der Waals surface area contributed by atoms with E-state index in [0.717, 1.165) is 30.2 Å². The van der Waals surface area contributed by atoms with E-state index < -0.39 is 0 Å². The van der Waals surface area contributed by atoms with Gasteiger partial charge in [0, 0.05) is 19.5 Å². The second kappa shape index (κ2) is 6.07. The quantitative estimate of drug-likeness (QED) is 0.644. The molecule has 2 heterocycles. The number of hydrogen-bond acceptors (Lipinski definition) is 5. The minimum Gasteiger partial charge on any atom is -0.311 e. The van der Waals surface area contributed by atoms with Gasteiger partial charge in [0.05, 0.1) is 17.6 Å². The van der Waals surface area contributed by atoms with Crippen LogP contribution in [0.4, 0.5) is 0 Å². The maximum absolute atomic E-state index is 4.42. The van der Waals surface area contributed by atoms with Gasteiger partial charge >= 0.3 is 0 Å². The van der Waals surface area contributed by atoms with E-state index >= 15 is 0 Å². The van der Waals surface area contributed by atoms with Gasteiger partial charge in [-0.15, -0.1) is 0 Å². The molecule has 0 fully saturated rings. The Morgan fingerprint density at radius 3 is 2.90 bits per heavy atom. The van der Waals surface area contributed by atoms with Crippen LogP contribution in [-0.2, 0) is 13.0 Å². The number of H-pyrrole nitrogens is 1. The van der Waals surface area contributed by atoms with Crippen LogP contribution in [-0.4, -0.2) is 36.7 Å². The number of benzene rings is 1. The molecular formula is C13H15N7. The van der Waals surface area contributed by atoms with Crippen molar-refractivity contribution in [2.24, 2.45) is 0 Å². The largest absolute Gasteiger partial charge is 0.311 e. The molecule has 0 saturated carbocycles. The van der Waals surface area contributed by atoms with Crippen LogP contribution in [0.1, 0.15) is 11.5 Å². The lowest BCUT2D eigenvalue weighted by molar-refractivity contribution is 0.649. The van der Waals surface area contributed by atoms with Crippen LogP contribution < -0.4 is 5.32 Å². The normalized spacial score (nSPS) is 10.8. The maximum Gasteiger partial charge on any atom is 0.137 e. The summed E-state index contributed by atoms with van der Waals surface area (Å²) >= 11 is 0. The average molecular weight is 269 g/mol. The SMILES string of the molecule is c1ccc(-n2ncc(CNCCc3ncn[nH]3)n2)cc1. The first kappa shape index (κ1) is 12.5. The van der Waals surface area contributed by atoms with Crippen LogP contribution in [0, 0.1) is 0 Å². The summed E-state index contributed by atoms with van der Waals surface area (Å²) in [4.78, 5) is 5.70. The van der Waals surface area contributed by atoms with Crippen molar-refractivity contribution >= 4 is 0 Å². The minimum absolute atomic E-state index is 0.682. The first-order valence-corrected chi connectivity index (χ1v) is 6.43. The second-order valence-corrected chi connectivity index (χ2v) is 4.32. The third-order valence-corrected chi connectivity index (χ3v) is 2.84. The summed E-state index contributed by atoms with van der Waals surface area (Å²) in [6.45, 7) is 1.49. The number of para-hydroxylation sites is 1. The summed E-state index contributed by atoms with van der Waals surface area (Å²) in [6, 6.07) is 9.85. The van der Waals surface area contributed by atoms with Crippen molar-refractivity contribution in [1.29, 1.82) is 0 Å². The highest BCUT2D eigenvalue weighted by molar-refractivity contribution is 5.28. The maximum atomic E-state index is 4.42. The Kier molecular flexibility index (Phi) is 3.79. The fourth-order valence-corrected chi connectivity index (χ4v) is 1.84. The van der Waals surface area contributed by atoms with Crippen LogP contribution in [0.3, 0.4) is 0 Å². The summed E-state index contributed by atoms with van der Waals surface area (Å²) < 4.78 is 0. The molecule has 102 valence electrons. The number of hydrogen-bond donors (Lipinski definition) is 2. The smallest absolute Gasteiger partial charge is 0.137 e.